The van der Waals surface area contributed by atoms with Gasteiger partial charge in [0.1, 0.15) is 13.2 Å². The summed E-state index contributed by atoms with van der Waals surface area (Å²) in [5.74, 6) is -0.452. The molecular weight excluding hydrogens is 360 g/mol. The second-order valence-corrected chi connectivity index (χ2v) is 7.17. The molecule has 1 atom stereocenters. The largest absolute Gasteiger partial charge is 0.486 e. The van der Waals surface area contributed by atoms with Crippen molar-refractivity contribution < 1.29 is 24.2 Å². The number of hydrogen-bond acceptors (Lipinski definition) is 5. The molecule has 7 nitrogen and oxygen atoms in total. The number of aliphatic hydroxyl groups is 1. The number of carbonyl (C=O) groups is 2. The van der Waals surface area contributed by atoms with E-state index < -0.39 is 17.4 Å². The fraction of sp³-hybridized carbons (Fsp3) is 0.333. The highest BCUT2D eigenvalue weighted by atomic mass is 16.6. The Kier molecular flexibility index (Phi) is 4.92. The lowest BCUT2D eigenvalue weighted by molar-refractivity contribution is -0.136. The fourth-order valence-corrected chi connectivity index (χ4v) is 3.57. The molecule has 2 amide bonds. The van der Waals surface area contributed by atoms with Crippen LogP contribution in [0.3, 0.4) is 0 Å². The van der Waals surface area contributed by atoms with Crippen LogP contribution in [-0.4, -0.2) is 42.3 Å². The average molecular weight is 382 g/mol. The molecule has 146 valence electrons. The lowest BCUT2D eigenvalue weighted by Crippen LogP contribution is -2.49. The molecule has 0 saturated carbocycles. The van der Waals surface area contributed by atoms with Crippen LogP contribution >= 0.6 is 0 Å². The molecule has 4 rings (SSSR count). The van der Waals surface area contributed by atoms with Crippen molar-refractivity contribution >= 4 is 17.5 Å². The second kappa shape index (κ2) is 7.52. The van der Waals surface area contributed by atoms with Gasteiger partial charge in [-0.2, -0.15) is 0 Å². The molecule has 0 unspecified atom stereocenters. The summed E-state index contributed by atoms with van der Waals surface area (Å²) in [4.78, 5) is 24.4. The minimum absolute atomic E-state index is 0.0225. The van der Waals surface area contributed by atoms with E-state index in [1.807, 2.05) is 24.3 Å². The van der Waals surface area contributed by atoms with E-state index in [-0.39, 0.29) is 6.54 Å². The molecule has 7 heteroatoms. The van der Waals surface area contributed by atoms with Crippen molar-refractivity contribution in [1.82, 2.24) is 5.32 Å². The number of hydrogen-bond donors (Lipinski definition) is 3. The summed E-state index contributed by atoms with van der Waals surface area (Å²) in [6.45, 7) is 0.940. The maximum Gasteiger partial charge on any atom is 0.313 e. The maximum absolute atomic E-state index is 12.2. The Morgan fingerprint density at radius 3 is 2.57 bits per heavy atom. The standard InChI is InChI=1S/C21H22N2O5/c24-19(20(25)23-16-5-6-17-18(11-16)28-10-9-27-17)22-13-21(26)8-7-14-3-1-2-4-15(14)12-21/h1-6,11,26H,7-10,12-13H2,(H,22,24)(H,23,25)/t21-/m1/s1. The lowest BCUT2D eigenvalue weighted by atomic mass is 9.80. The Balaban J connectivity index is 1.33. The smallest absolute Gasteiger partial charge is 0.313 e. The van der Waals surface area contributed by atoms with Crippen molar-refractivity contribution in [2.24, 2.45) is 0 Å². The maximum atomic E-state index is 12.2. The van der Waals surface area contributed by atoms with E-state index in [1.165, 1.54) is 5.56 Å². The SMILES string of the molecule is O=C(NC[C@@]1(O)CCc2ccccc2C1)C(=O)Nc1ccc2c(c1)OCCO2. The van der Waals surface area contributed by atoms with Gasteiger partial charge in [0.25, 0.3) is 0 Å². The summed E-state index contributed by atoms with van der Waals surface area (Å²) >= 11 is 0. The van der Waals surface area contributed by atoms with Gasteiger partial charge in [0.05, 0.1) is 5.60 Å². The summed E-state index contributed by atoms with van der Waals surface area (Å²) in [5, 5.41) is 15.9. The van der Waals surface area contributed by atoms with Crippen LogP contribution in [0.2, 0.25) is 0 Å². The van der Waals surface area contributed by atoms with Crippen molar-refractivity contribution in [3.05, 3.63) is 53.6 Å². The molecule has 1 aliphatic carbocycles. The zero-order valence-corrected chi connectivity index (χ0v) is 15.4. The summed E-state index contributed by atoms with van der Waals surface area (Å²) < 4.78 is 10.9. The summed E-state index contributed by atoms with van der Waals surface area (Å²) in [6.07, 6.45) is 1.73. The molecule has 0 saturated heterocycles. The van der Waals surface area contributed by atoms with Crippen molar-refractivity contribution in [2.45, 2.75) is 24.9 Å². The number of nitrogens with one attached hydrogen (secondary N) is 2. The Morgan fingerprint density at radius 2 is 1.75 bits per heavy atom. The Bertz CT molecular complexity index is 913. The van der Waals surface area contributed by atoms with Crippen LogP contribution < -0.4 is 20.1 Å². The van der Waals surface area contributed by atoms with Crippen LogP contribution in [0.4, 0.5) is 5.69 Å². The number of carbonyl (C=O) groups excluding carboxylic acids is 2. The number of benzene rings is 2. The molecule has 3 N–H and O–H groups in total. The first-order chi connectivity index (χ1) is 13.5. The van der Waals surface area contributed by atoms with Crippen LogP contribution in [-0.2, 0) is 22.4 Å². The fourth-order valence-electron chi connectivity index (χ4n) is 3.57. The van der Waals surface area contributed by atoms with Gasteiger partial charge in [-0.3, -0.25) is 9.59 Å². The van der Waals surface area contributed by atoms with Crippen molar-refractivity contribution in [1.29, 1.82) is 0 Å². The van der Waals surface area contributed by atoms with Crippen LogP contribution in [0, 0.1) is 0 Å². The van der Waals surface area contributed by atoms with E-state index in [1.54, 1.807) is 18.2 Å². The minimum Gasteiger partial charge on any atom is -0.486 e. The number of rotatable bonds is 3. The van der Waals surface area contributed by atoms with Gasteiger partial charge in [0.2, 0.25) is 0 Å². The van der Waals surface area contributed by atoms with Gasteiger partial charge in [-0.05, 0) is 36.1 Å². The third-order valence-electron chi connectivity index (χ3n) is 5.08. The molecule has 0 bridgehead atoms. The number of aryl methyl sites for hydroxylation is 1. The highest BCUT2D eigenvalue weighted by Crippen LogP contribution is 2.32. The highest BCUT2D eigenvalue weighted by molar-refractivity contribution is 6.39. The molecule has 1 heterocycles. The monoisotopic (exact) mass is 382 g/mol. The lowest BCUT2D eigenvalue weighted by Gasteiger charge is -2.33. The topological polar surface area (TPSA) is 96.9 Å². The molecule has 2 aromatic carbocycles. The van der Waals surface area contributed by atoms with Crippen molar-refractivity contribution in [2.75, 3.05) is 25.1 Å². The molecular formula is C21H22N2O5. The number of fused-ring (bicyclic) bond motifs is 2. The van der Waals surface area contributed by atoms with Gasteiger partial charge in [0.15, 0.2) is 11.5 Å². The number of anilines is 1. The van der Waals surface area contributed by atoms with Crippen LogP contribution in [0.15, 0.2) is 42.5 Å². The van der Waals surface area contributed by atoms with Gasteiger partial charge in [-0.1, -0.05) is 24.3 Å². The van der Waals surface area contributed by atoms with Gasteiger partial charge >= 0.3 is 11.8 Å². The van der Waals surface area contributed by atoms with Gasteiger partial charge in [-0.25, -0.2) is 0 Å². The van der Waals surface area contributed by atoms with Gasteiger partial charge in [-0.15, -0.1) is 0 Å². The van der Waals surface area contributed by atoms with Crippen LogP contribution in [0.25, 0.3) is 0 Å². The second-order valence-electron chi connectivity index (χ2n) is 7.17. The number of amides is 2. The highest BCUT2D eigenvalue weighted by Gasteiger charge is 2.33. The first-order valence-corrected chi connectivity index (χ1v) is 9.30. The van der Waals surface area contributed by atoms with Crippen molar-refractivity contribution in [3.63, 3.8) is 0 Å². The molecule has 28 heavy (non-hydrogen) atoms. The third kappa shape index (κ3) is 3.94. The Labute approximate surface area is 162 Å². The van der Waals surface area contributed by atoms with Gasteiger partial charge in [0, 0.05) is 24.7 Å². The van der Waals surface area contributed by atoms with E-state index in [9.17, 15) is 14.7 Å². The van der Waals surface area contributed by atoms with E-state index in [4.69, 9.17) is 9.47 Å². The molecule has 0 radical (unpaired) electrons. The molecule has 1 aliphatic heterocycles. The molecule has 0 fully saturated rings. The zero-order valence-electron chi connectivity index (χ0n) is 15.4. The zero-order chi connectivity index (χ0) is 19.6. The first kappa shape index (κ1) is 18.3. The van der Waals surface area contributed by atoms with Gasteiger partial charge < -0.3 is 25.2 Å². The van der Waals surface area contributed by atoms with E-state index in [0.717, 1.165) is 12.0 Å². The number of ether oxygens (including phenoxy) is 2. The summed E-state index contributed by atoms with van der Waals surface area (Å²) in [6, 6.07) is 12.9. The Hall–Kier alpha value is -3.06. The van der Waals surface area contributed by atoms with E-state index >= 15 is 0 Å². The Morgan fingerprint density at radius 1 is 1.00 bits per heavy atom. The predicted molar refractivity (Wildman–Crippen MR) is 102 cm³/mol. The van der Waals surface area contributed by atoms with Crippen molar-refractivity contribution in [3.8, 4) is 11.5 Å². The first-order valence-electron chi connectivity index (χ1n) is 9.30. The molecule has 2 aromatic rings. The normalized spacial score (nSPS) is 20.0. The van der Waals surface area contributed by atoms with E-state index in [2.05, 4.69) is 10.6 Å². The quantitative estimate of drug-likeness (QED) is 0.698. The minimum atomic E-state index is -1.05. The molecule has 2 aliphatic rings. The predicted octanol–water partition coefficient (Wildman–Crippen LogP) is 1.43. The van der Waals surface area contributed by atoms with Crippen LogP contribution in [0.1, 0.15) is 17.5 Å². The van der Waals surface area contributed by atoms with Crippen LogP contribution in [0.5, 0.6) is 11.5 Å². The molecule has 0 spiro atoms. The summed E-state index contributed by atoms with van der Waals surface area (Å²) in [5.41, 5.74) is 1.68. The van der Waals surface area contributed by atoms with E-state index in [0.29, 0.717) is 43.2 Å². The molecule has 0 aromatic heterocycles. The third-order valence-corrected chi connectivity index (χ3v) is 5.08. The summed E-state index contributed by atoms with van der Waals surface area (Å²) in [7, 11) is 0. The average Bonchev–Trinajstić information content (AvgIpc) is 2.72.